The number of nitrogens with one attached hydrogen (secondary N) is 2. The van der Waals surface area contributed by atoms with E-state index in [0.29, 0.717) is 16.9 Å². The van der Waals surface area contributed by atoms with E-state index >= 15 is 0 Å². The van der Waals surface area contributed by atoms with E-state index in [1.54, 1.807) is 31.2 Å². The van der Waals surface area contributed by atoms with Crippen LogP contribution in [-0.4, -0.2) is 57.4 Å². The zero-order chi connectivity index (χ0) is 20.4. The Labute approximate surface area is 165 Å². The number of fused-ring (bicyclic) bond motifs is 1. The van der Waals surface area contributed by atoms with Gasteiger partial charge in [0.15, 0.2) is 0 Å². The van der Waals surface area contributed by atoms with Gasteiger partial charge >= 0.3 is 5.97 Å². The van der Waals surface area contributed by atoms with Crippen molar-refractivity contribution >= 4 is 35.5 Å². The predicted octanol–water partition coefficient (Wildman–Crippen LogP) is -0.439. The molecule has 2 heterocycles. The molecule has 0 bridgehead atoms. The highest BCUT2D eigenvalue weighted by Gasteiger charge is 2.53. The first-order valence-corrected chi connectivity index (χ1v) is 9.61. The standard InChI is InChI=1S/C18H20N4O5S/c1-9-8-28-18-13(21-15(25)12(19)10-5-3-2-4-6-10)17(27)22(18)14(9)16(26)20-7-11(23)24/h2-6,12-13,18H,7-8,19H2,1H3,(H,20,26)(H,21,25)(H,23,24)/t12-,13-,18-/m1/s1. The molecule has 5 N–H and O–H groups in total. The number of β-lactam (4-membered cyclic amide) rings is 1. The predicted molar refractivity (Wildman–Crippen MR) is 102 cm³/mol. The van der Waals surface area contributed by atoms with Gasteiger partial charge in [0.2, 0.25) is 5.91 Å². The number of carbonyl (C=O) groups excluding carboxylic acids is 3. The third kappa shape index (κ3) is 3.73. The number of rotatable bonds is 6. The highest BCUT2D eigenvalue weighted by Crippen LogP contribution is 2.40. The van der Waals surface area contributed by atoms with Crippen LogP contribution in [0.25, 0.3) is 0 Å². The summed E-state index contributed by atoms with van der Waals surface area (Å²) in [6.07, 6.45) is 0. The molecule has 148 valence electrons. The normalized spacial score (nSPS) is 22.1. The number of carboxylic acids is 1. The molecule has 0 aromatic heterocycles. The van der Waals surface area contributed by atoms with Gasteiger partial charge < -0.3 is 21.5 Å². The average Bonchev–Trinajstić information content (AvgIpc) is 2.69. The van der Waals surface area contributed by atoms with Crippen LogP contribution in [-0.2, 0) is 19.2 Å². The molecule has 2 aliphatic rings. The lowest BCUT2D eigenvalue weighted by Crippen LogP contribution is -2.71. The van der Waals surface area contributed by atoms with Gasteiger partial charge in [-0.25, -0.2) is 0 Å². The number of benzene rings is 1. The molecule has 1 fully saturated rings. The molecule has 0 radical (unpaired) electrons. The van der Waals surface area contributed by atoms with E-state index in [1.165, 1.54) is 16.7 Å². The minimum Gasteiger partial charge on any atom is -0.480 e. The summed E-state index contributed by atoms with van der Waals surface area (Å²) in [6, 6.07) is 7.11. The van der Waals surface area contributed by atoms with E-state index < -0.39 is 47.7 Å². The van der Waals surface area contributed by atoms with Gasteiger partial charge in [0, 0.05) is 5.75 Å². The second-order valence-electron chi connectivity index (χ2n) is 6.49. The number of amides is 3. The average molecular weight is 404 g/mol. The summed E-state index contributed by atoms with van der Waals surface area (Å²) in [4.78, 5) is 49.4. The van der Waals surface area contributed by atoms with Crippen molar-refractivity contribution in [3.05, 3.63) is 47.2 Å². The van der Waals surface area contributed by atoms with Gasteiger partial charge in [0.05, 0.1) is 0 Å². The van der Waals surface area contributed by atoms with Crippen LogP contribution < -0.4 is 16.4 Å². The minimum absolute atomic E-state index is 0.146. The van der Waals surface area contributed by atoms with E-state index in [9.17, 15) is 19.2 Å². The van der Waals surface area contributed by atoms with Crippen LogP contribution in [0, 0.1) is 0 Å². The first-order chi connectivity index (χ1) is 13.3. The molecule has 0 spiro atoms. The highest BCUT2D eigenvalue weighted by molar-refractivity contribution is 8.00. The maximum atomic E-state index is 12.6. The molecule has 3 atom stereocenters. The van der Waals surface area contributed by atoms with Crippen molar-refractivity contribution in [1.29, 1.82) is 0 Å². The van der Waals surface area contributed by atoms with Crippen molar-refractivity contribution in [2.45, 2.75) is 24.4 Å². The fourth-order valence-corrected chi connectivity index (χ4v) is 4.38. The molecule has 1 aromatic rings. The van der Waals surface area contributed by atoms with E-state index in [2.05, 4.69) is 10.6 Å². The monoisotopic (exact) mass is 404 g/mol. The quantitative estimate of drug-likeness (QED) is 0.471. The Kier molecular flexibility index (Phi) is 5.71. The molecule has 1 saturated heterocycles. The Balaban J connectivity index is 1.69. The molecule has 3 amide bonds. The molecule has 28 heavy (non-hydrogen) atoms. The summed E-state index contributed by atoms with van der Waals surface area (Å²) in [6.45, 7) is 1.17. The van der Waals surface area contributed by atoms with Gasteiger partial charge in [-0.05, 0) is 18.1 Å². The Hall–Kier alpha value is -2.85. The summed E-state index contributed by atoms with van der Waals surface area (Å²) in [5.41, 5.74) is 7.42. The summed E-state index contributed by atoms with van der Waals surface area (Å²) >= 11 is 1.42. The molecule has 3 rings (SSSR count). The largest absolute Gasteiger partial charge is 0.480 e. The van der Waals surface area contributed by atoms with E-state index in [0.717, 1.165) is 0 Å². The minimum atomic E-state index is -1.18. The SMILES string of the molecule is CC1=C(C(=O)NCC(=O)O)N2C(=O)[C@@H](NC(=O)[C@H](N)c3ccccc3)[C@H]2SC1. The van der Waals surface area contributed by atoms with Gasteiger partial charge in [-0.1, -0.05) is 30.3 Å². The first kappa shape index (κ1) is 19.9. The summed E-state index contributed by atoms with van der Waals surface area (Å²) < 4.78 is 0. The third-order valence-corrected chi connectivity index (χ3v) is 5.94. The van der Waals surface area contributed by atoms with Crippen LogP contribution in [0.15, 0.2) is 41.6 Å². The molecule has 2 aliphatic heterocycles. The number of aliphatic carboxylic acids is 1. The molecular weight excluding hydrogens is 384 g/mol. The number of thioether (sulfide) groups is 1. The zero-order valence-electron chi connectivity index (χ0n) is 15.0. The van der Waals surface area contributed by atoms with Gasteiger partial charge in [-0.15, -0.1) is 11.8 Å². The molecule has 0 unspecified atom stereocenters. The second-order valence-corrected chi connectivity index (χ2v) is 7.59. The van der Waals surface area contributed by atoms with Crippen LogP contribution in [0.5, 0.6) is 0 Å². The fourth-order valence-electron chi connectivity index (χ4n) is 3.09. The summed E-state index contributed by atoms with van der Waals surface area (Å²) in [7, 11) is 0. The summed E-state index contributed by atoms with van der Waals surface area (Å²) in [5.74, 6) is -2.22. The molecule has 0 aliphatic carbocycles. The van der Waals surface area contributed by atoms with Crippen molar-refractivity contribution in [2.75, 3.05) is 12.3 Å². The van der Waals surface area contributed by atoms with E-state index in [4.69, 9.17) is 10.8 Å². The Bertz CT molecular complexity index is 857. The Morgan fingerprint density at radius 3 is 2.64 bits per heavy atom. The third-order valence-electron chi connectivity index (χ3n) is 4.51. The zero-order valence-corrected chi connectivity index (χ0v) is 15.9. The lowest BCUT2D eigenvalue weighted by Gasteiger charge is -2.50. The number of hydrogen-bond donors (Lipinski definition) is 4. The topological polar surface area (TPSA) is 142 Å². The van der Waals surface area contributed by atoms with Crippen LogP contribution >= 0.6 is 11.8 Å². The molecule has 1 aromatic carbocycles. The van der Waals surface area contributed by atoms with Gasteiger partial charge in [-0.2, -0.15) is 0 Å². The smallest absolute Gasteiger partial charge is 0.322 e. The van der Waals surface area contributed by atoms with Crippen molar-refractivity contribution in [2.24, 2.45) is 5.73 Å². The van der Waals surface area contributed by atoms with Crippen LogP contribution in [0.4, 0.5) is 0 Å². The van der Waals surface area contributed by atoms with Gasteiger partial charge in [0.25, 0.3) is 11.8 Å². The molecule has 9 nitrogen and oxygen atoms in total. The fraction of sp³-hybridized carbons (Fsp3) is 0.333. The molecule has 0 saturated carbocycles. The van der Waals surface area contributed by atoms with Crippen molar-refractivity contribution in [3.8, 4) is 0 Å². The maximum Gasteiger partial charge on any atom is 0.322 e. The molecule has 10 heteroatoms. The first-order valence-electron chi connectivity index (χ1n) is 8.56. The number of carbonyl (C=O) groups is 4. The highest BCUT2D eigenvalue weighted by atomic mass is 32.2. The maximum absolute atomic E-state index is 12.6. The van der Waals surface area contributed by atoms with Crippen molar-refractivity contribution in [1.82, 2.24) is 15.5 Å². The lowest BCUT2D eigenvalue weighted by molar-refractivity contribution is -0.148. The number of hydrogen-bond acceptors (Lipinski definition) is 6. The Morgan fingerprint density at radius 1 is 1.32 bits per heavy atom. The second kappa shape index (κ2) is 8.03. The molecular formula is C18H20N4O5S. The number of nitrogens with two attached hydrogens (primary N) is 1. The van der Waals surface area contributed by atoms with Gasteiger partial charge in [-0.3, -0.25) is 24.1 Å². The number of nitrogens with zero attached hydrogens (tertiary/aromatic N) is 1. The summed E-state index contributed by atoms with van der Waals surface area (Å²) in [5, 5.41) is 13.2. The van der Waals surface area contributed by atoms with Crippen LogP contribution in [0.2, 0.25) is 0 Å². The Morgan fingerprint density at radius 2 is 2.00 bits per heavy atom. The van der Waals surface area contributed by atoms with Crippen molar-refractivity contribution < 1.29 is 24.3 Å². The van der Waals surface area contributed by atoms with Crippen LogP contribution in [0.3, 0.4) is 0 Å². The van der Waals surface area contributed by atoms with Crippen LogP contribution in [0.1, 0.15) is 18.5 Å². The van der Waals surface area contributed by atoms with Gasteiger partial charge in [0.1, 0.15) is 29.7 Å². The lowest BCUT2D eigenvalue weighted by atomic mass is 10.0. The number of carboxylic acid groups (broad SMARTS) is 1. The van der Waals surface area contributed by atoms with Crippen molar-refractivity contribution in [3.63, 3.8) is 0 Å². The van der Waals surface area contributed by atoms with E-state index in [1.807, 2.05) is 6.07 Å². The van der Waals surface area contributed by atoms with E-state index in [-0.39, 0.29) is 5.70 Å².